The molecule has 2 aromatic carbocycles. The van der Waals surface area contributed by atoms with Gasteiger partial charge in [-0.1, -0.05) is 19.1 Å². The Kier molecular flexibility index (Phi) is 7.78. The number of ether oxygens (including phenoxy) is 1. The van der Waals surface area contributed by atoms with Gasteiger partial charge in [0.25, 0.3) is 0 Å². The summed E-state index contributed by atoms with van der Waals surface area (Å²) < 4.78 is 5.05. The first-order chi connectivity index (χ1) is 13.9. The van der Waals surface area contributed by atoms with E-state index in [-0.39, 0.29) is 0 Å². The van der Waals surface area contributed by atoms with Crippen LogP contribution in [0.15, 0.2) is 60.3 Å². The van der Waals surface area contributed by atoms with Crippen molar-refractivity contribution >= 4 is 29.1 Å². The lowest BCUT2D eigenvalue weighted by atomic mass is 10.1. The molecule has 2 aromatic rings. The molecule has 0 aliphatic heterocycles. The molecule has 3 amide bonds. The Balaban J connectivity index is 1.80. The first-order valence-electron chi connectivity index (χ1n) is 9.01. The van der Waals surface area contributed by atoms with Crippen molar-refractivity contribution in [3.8, 4) is 5.75 Å². The normalized spacial score (nSPS) is 10.7. The molecule has 2 rings (SSSR count). The van der Waals surface area contributed by atoms with Crippen molar-refractivity contribution in [1.29, 1.82) is 0 Å². The van der Waals surface area contributed by atoms with E-state index in [4.69, 9.17) is 4.74 Å². The molecular weight excluding hydrogens is 372 g/mol. The predicted octanol–water partition coefficient (Wildman–Crippen LogP) is 2.36. The Labute approximate surface area is 169 Å². The van der Waals surface area contributed by atoms with Gasteiger partial charge in [0.05, 0.1) is 7.11 Å². The van der Waals surface area contributed by atoms with Crippen molar-refractivity contribution in [2.24, 2.45) is 0 Å². The lowest BCUT2D eigenvalue weighted by Crippen LogP contribution is -2.43. The number of carbonyl (C=O) groups excluding carboxylic acids is 3. The van der Waals surface area contributed by atoms with Crippen molar-refractivity contribution in [2.45, 2.75) is 20.3 Å². The summed E-state index contributed by atoms with van der Waals surface area (Å²) >= 11 is 0. The molecule has 0 saturated carbocycles. The van der Waals surface area contributed by atoms with E-state index < -0.39 is 17.7 Å². The zero-order valence-corrected chi connectivity index (χ0v) is 16.5. The molecule has 0 heterocycles. The van der Waals surface area contributed by atoms with Crippen molar-refractivity contribution in [1.82, 2.24) is 10.9 Å². The first kappa shape index (κ1) is 21.5. The van der Waals surface area contributed by atoms with Crippen molar-refractivity contribution in [3.05, 3.63) is 65.9 Å². The standard InChI is InChI=1S/C21H24N4O4/c1-4-15-5-7-17(8-6-15)23-20(27)21(28)25-24-14(2)13-19(26)22-16-9-11-18(29-3)12-10-16/h5-13,24H,4H2,1-3H3,(H,22,26)(H,23,27)(H,25,28). The second kappa shape index (κ2) is 10.5. The Morgan fingerprint density at radius 2 is 1.45 bits per heavy atom. The van der Waals surface area contributed by atoms with E-state index in [9.17, 15) is 14.4 Å². The Morgan fingerprint density at radius 1 is 0.862 bits per heavy atom. The van der Waals surface area contributed by atoms with Gasteiger partial charge < -0.3 is 20.8 Å². The van der Waals surface area contributed by atoms with Gasteiger partial charge in [-0.2, -0.15) is 0 Å². The molecule has 0 aliphatic rings. The van der Waals surface area contributed by atoms with E-state index in [1.165, 1.54) is 6.08 Å². The fourth-order valence-electron chi connectivity index (χ4n) is 2.31. The minimum absolute atomic E-state index is 0.351. The molecule has 4 N–H and O–H groups in total. The highest BCUT2D eigenvalue weighted by Crippen LogP contribution is 2.15. The highest BCUT2D eigenvalue weighted by atomic mass is 16.5. The van der Waals surface area contributed by atoms with Crippen LogP contribution in [0, 0.1) is 0 Å². The van der Waals surface area contributed by atoms with E-state index in [0.29, 0.717) is 22.8 Å². The highest BCUT2D eigenvalue weighted by Gasteiger charge is 2.13. The second-order valence-electron chi connectivity index (χ2n) is 6.13. The minimum Gasteiger partial charge on any atom is -0.497 e. The number of aryl methyl sites for hydroxylation is 1. The van der Waals surface area contributed by atoms with Crippen molar-refractivity contribution < 1.29 is 19.1 Å². The maximum Gasteiger partial charge on any atom is 0.327 e. The molecule has 0 aliphatic carbocycles. The Morgan fingerprint density at radius 3 is 2.03 bits per heavy atom. The van der Waals surface area contributed by atoms with Gasteiger partial charge >= 0.3 is 11.8 Å². The number of hydrogen-bond acceptors (Lipinski definition) is 5. The molecule has 0 atom stereocenters. The first-order valence-corrected chi connectivity index (χ1v) is 9.01. The van der Waals surface area contributed by atoms with Crippen LogP contribution < -0.4 is 26.2 Å². The summed E-state index contributed by atoms with van der Waals surface area (Å²) in [7, 11) is 1.56. The summed E-state index contributed by atoms with van der Waals surface area (Å²) in [5, 5.41) is 5.17. The van der Waals surface area contributed by atoms with E-state index in [1.54, 1.807) is 50.4 Å². The van der Waals surface area contributed by atoms with Gasteiger partial charge in [0.1, 0.15) is 5.75 Å². The van der Waals surface area contributed by atoms with Crippen LogP contribution in [0.3, 0.4) is 0 Å². The van der Waals surface area contributed by atoms with Crippen LogP contribution in [0.2, 0.25) is 0 Å². The number of hydrazine groups is 1. The van der Waals surface area contributed by atoms with Gasteiger partial charge in [-0.05, 0) is 55.3 Å². The van der Waals surface area contributed by atoms with Gasteiger partial charge in [-0.15, -0.1) is 0 Å². The van der Waals surface area contributed by atoms with E-state index in [2.05, 4.69) is 21.5 Å². The maximum atomic E-state index is 12.0. The quantitative estimate of drug-likeness (QED) is 0.326. The largest absolute Gasteiger partial charge is 0.497 e. The average molecular weight is 396 g/mol. The monoisotopic (exact) mass is 396 g/mol. The van der Waals surface area contributed by atoms with Crippen LogP contribution in [0.4, 0.5) is 11.4 Å². The van der Waals surface area contributed by atoms with Crippen LogP contribution >= 0.6 is 0 Å². The number of amides is 3. The van der Waals surface area contributed by atoms with Crippen molar-refractivity contribution in [2.75, 3.05) is 17.7 Å². The molecule has 0 spiro atoms. The van der Waals surface area contributed by atoms with Gasteiger partial charge in [-0.25, -0.2) is 0 Å². The van der Waals surface area contributed by atoms with Crippen LogP contribution in [0.1, 0.15) is 19.4 Å². The number of methoxy groups -OCH3 is 1. The molecule has 29 heavy (non-hydrogen) atoms. The van der Waals surface area contributed by atoms with E-state index >= 15 is 0 Å². The maximum absolute atomic E-state index is 12.0. The average Bonchev–Trinajstić information content (AvgIpc) is 2.73. The molecular formula is C21H24N4O4. The van der Waals surface area contributed by atoms with Gasteiger partial charge in [-0.3, -0.25) is 19.8 Å². The number of anilines is 2. The summed E-state index contributed by atoms with van der Waals surface area (Å²) in [5.41, 5.74) is 7.36. The van der Waals surface area contributed by atoms with E-state index in [0.717, 1.165) is 12.0 Å². The van der Waals surface area contributed by atoms with Crippen LogP contribution in [-0.4, -0.2) is 24.8 Å². The highest BCUT2D eigenvalue weighted by molar-refractivity contribution is 6.39. The number of nitrogens with one attached hydrogen (secondary N) is 4. The molecule has 0 saturated heterocycles. The van der Waals surface area contributed by atoms with Crippen LogP contribution in [-0.2, 0) is 20.8 Å². The fourth-order valence-corrected chi connectivity index (χ4v) is 2.31. The lowest BCUT2D eigenvalue weighted by Gasteiger charge is -2.10. The molecule has 152 valence electrons. The summed E-state index contributed by atoms with van der Waals surface area (Å²) in [4.78, 5) is 35.8. The topological polar surface area (TPSA) is 109 Å². The van der Waals surface area contributed by atoms with Gasteiger partial charge in [0.2, 0.25) is 5.91 Å². The number of allylic oxidation sites excluding steroid dienone is 1. The van der Waals surface area contributed by atoms with Crippen molar-refractivity contribution in [3.63, 3.8) is 0 Å². The SMILES string of the molecule is CCc1ccc(NC(=O)C(=O)NNC(C)=CC(=O)Nc2ccc(OC)cc2)cc1. The molecule has 8 nitrogen and oxygen atoms in total. The summed E-state index contributed by atoms with van der Waals surface area (Å²) in [6, 6.07) is 14.1. The molecule has 0 bridgehead atoms. The number of hydrogen-bond donors (Lipinski definition) is 4. The molecule has 0 aromatic heterocycles. The zero-order valence-electron chi connectivity index (χ0n) is 16.5. The van der Waals surface area contributed by atoms with Gasteiger partial charge in [0, 0.05) is 23.1 Å². The third-order valence-electron chi connectivity index (χ3n) is 3.90. The number of rotatable bonds is 7. The molecule has 0 unspecified atom stereocenters. The summed E-state index contributed by atoms with van der Waals surface area (Å²) in [6.07, 6.45) is 2.14. The Hall–Kier alpha value is -3.81. The number of benzene rings is 2. The minimum atomic E-state index is -0.882. The third kappa shape index (κ3) is 7.02. The smallest absolute Gasteiger partial charge is 0.327 e. The van der Waals surface area contributed by atoms with E-state index in [1.807, 2.05) is 19.1 Å². The predicted molar refractivity (Wildman–Crippen MR) is 111 cm³/mol. The molecule has 0 fully saturated rings. The summed E-state index contributed by atoms with van der Waals surface area (Å²) in [5.74, 6) is -1.42. The lowest BCUT2D eigenvalue weighted by molar-refractivity contribution is -0.136. The zero-order chi connectivity index (χ0) is 21.2. The number of carbonyl (C=O) groups is 3. The molecule has 0 radical (unpaired) electrons. The fraction of sp³-hybridized carbons (Fsp3) is 0.190. The Bertz CT molecular complexity index is 890. The molecule has 8 heteroatoms. The summed E-state index contributed by atoms with van der Waals surface area (Å²) in [6.45, 7) is 3.61. The second-order valence-corrected chi connectivity index (χ2v) is 6.13. The van der Waals surface area contributed by atoms with Gasteiger partial charge in [0.15, 0.2) is 0 Å². The van der Waals surface area contributed by atoms with Crippen LogP contribution in [0.25, 0.3) is 0 Å². The van der Waals surface area contributed by atoms with Crippen LogP contribution in [0.5, 0.6) is 5.75 Å². The third-order valence-corrected chi connectivity index (χ3v) is 3.90.